The molecule has 128 valence electrons. The largest absolute Gasteiger partial charge is 0.497 e. The normalized spacial score (nSPS) is 10.4. The van der Waals surface area contributed by atoms with Gasteiger partial charge in [0.25, 0.3) is 0 Å². The highest BCUT2D eigenvalue weighted by Crippen LogP contribution is 2.36. The van der Waals surface area contributed by atoms with Crippen LogP contribution in [0.1, 0.15) is 0 Å². The van der Waals surface area contributed by atoms with E-state index in [4.69, 9.17) is 25.8 Å². The molecular formula is C19H17ClN2O3. The molecule has 0 fully saturated rings. The van der Waals surface area contributed by atoms with Crippen LogP contribution in [0, 0.1) is 0 Å². The third kappa shape index (κ3) is 3.51. The zero-order chi connectivity index (χ0) is 17.8. The molecule has 0 saturated carbocycles. The first kappa shape index (κ1) is 17.0. The van der Waals surface area contributed by atoms with Crippen LogP contribution >= 0.6 is 11.6 Å². The Morgan fingerprint density at radius 2 is 1.40 bits per heavy atom. The number of ether oxygens (including phenoxy) is 3. The number of halogens is 1. The first-order valence-electron chi connectivity index (χ1n) is 7.56. The van der Waals surface area contributed by atoms with Crippen LogP contribution in [0.4, 0.5) is 0 Å². The standard InChI is InChI=1S/C19H17ClN2O3/c1-23-14-7-4-12(5-8-14)15-11-18(20)21-22-19(15)13-6-9-16(24-2)17(10-13)25-3/h4-11H,1-3H3. The van der Waals surface area contributed by atoms with Crippen molar-refractivity contribution in [2.75, 3.05) is 21.3 Å². The third-order valence-electron chi connectivity index (χ3n) is 3.82. The van der Waals surface area contributed by atoms with Gasteiger partial charge in [0.15, 0.2) is 16.7 Å². The van der Waals surface area contributed by atoms with Crippen LogP contribution in [0.25, 0.3) is 22.4 Å². The molecule has 1 aromatic heterocycles. The van der Waals surface area contributed by atoms with Crippen molar-refractivity contribution in [2.45, 2.75) is 0 Å². The number of aromatic nitrogens is 2. The van der Waals surface area contributed by atoms with Gasteiger partial charge in [0.2, 0.25) is 0 Å². The summed E-state index contributed by atoms with van der Waals surface area (Å²) in [6.07, 6.45) is 0. The van der Waals surface area contributed by atoms with E-state index in [2.05, 4.69) is 10.2 Å². The molecular weight excluding hydrogens is 340 g/mol. The molecule has 0 radical (unpaired) electrons. The van der Waals surface area contributed by atoms with E-state index in [-0.39, 0.29) is 0 Å². The van der Waals surface area contributed by atoms with E-state index in [1.165, 1.54) is 0 Å². The summed E-state index contributed by atoms with van der Waals surface area (Å²) in [5, 5.41) is 8.61. The second-order valence-corrected chi connectivity index (χ2v) is 5.61. The molecule has 25 heavy (non-hydrogen) atoms. The zero-order valence-electron chi connectivity index (χ0n) is 14.1. The lowest BCUT2D eigenvalue weighted by molar-refractivity contribution is 0.355. The van der Waals surface area contributed by atoms with Crippen LogP contribution in [0.15, 0.2) is 48.5 Å². The lowest BCUT2D eigenvalue weighted by atomic mass is 10.00. The predicted octanol–water partition coefficient (Wildman–Crippen LogP) is 4.49. The quantitative estimate of drug-likeness (QED) is 0.674. The van der Waals surface area contributed by atoms with Gasteiger partial charge in [0.05, 0.1) is 21.3 Å². The summed E-state index contributed by atoms with van der Waals surface area (Å²) in [6, 6.07) is 15.1. The van der Waals surface area contributed by atoms with Crippen molar-refractivity contribution in [3.8, 4) is 39.6 Å². The fourth-order valence-electron chi connectivity index (χ4n) is 2.56. The molecule has 0 unspecified atom stereocenters. The molecule has 5 nitrogen and oxygen atoms in total. The molecule has 0 aliphatic heterocycles. The van der Waals surface area contributed by atoms with Crippen molar-refractivity contribution in [1.82, 2.24) is 10.2 Å². The third-order valence-corrected chi connectivity index (χ3v) is 4.01. The second-order valence-electron chi connectivity index (χ2n) is 5.23. The fraction of sp³-hybridized carbons (Fsp3) is 0.158. The average Bonchev–Trinajstić information content (AvgIpc) is 2.67. The second kappa shape index (κ2) is 7.40. The number of benzene rings is 2. The first-order chi connectivity index (χ1) is 12.2. The van der Waals surface area contributed by atoms with Crippen molar-refractivity contribution in [2.24, 2.45) is 0 Å². The van der Waals surface area contributed by atoms with Gasteiger partial charge in [-0.15, -0.1) is 10.2 Å². The van der Waals surface area contributed by atoms with Gasteiger partial charge < -0.3 is 14.2 Å². The van der Waals surface area contributed by atoms with E-state index in [0.29, 0.717) is 22.3 Å². The Kier molecular flexibility index (Phi) is 5.05. The average molecular weight is 357 g/mol. The summed E-state index contributed by atoms with van der Waals surface area (Å²) in [6.45, 7) is 0. The minimum absolute atomic E-state index is 0.329. The minimum Gasteiger partial charge on any atom is -0.497 e. The van der Waals surface area contributed by atoms with Crippen LogP contribution in [0.5, 0.6) is 17.2 Å². The molecule has 6 heteroatoms. The topological polar surface area (TPSA) is 53.5 Å². The Bertz CT molecular complexity index is 882. The Morgan fingerprint density at radius 1 is 0.720 bits per heavy atom. The van der Waals surface area contributed by atoms with Crippen LogP contribution in [0.2, 0.25) is 5.15 Å². The van der Waals surface area contributed by atoms with Crippen LogP contribution in [0.3, 0.4) is 0 Å². The van der Waals surface area contributed by atoms with Crippen LogP contribution < -0.4 is 14.2 Å². The maximum atomic E-state index is 6.08. The SMILES string of the molecule is COc1ccc(-c2cc(Cl)nnc2-c2ccc(OC)c(OC)c2)cc1. The molecule has 3 rings (SSSR count). The number of rotatable bonds is 5. The highest BCUT2D eigenvalue weighted by atomic mass is 35.5. The summed E-state index contributed by atoms with van der Waals surface area (Å²) in [4.78, 5) is 0. The molecule has 0 spiro atoms. The molecule has 0 aliphatic rings. The molecule has 0 amide bonds. The molecule has 2 aromatic carbocycles. The van der Waals surface area contributed by atoms with Crippen LogP contribution in [-0.4, -0.2) is 31.5 Å². The number of nitrogens with zero attached hydrogens (tertiary/aromatic N) is 2. The van der Waals surface area contributed by atoms with E-state index in [9.17, 15) is 0 Å². The maximum absolute atomic E-state index is 6.08. The van der Waals surface area contributed by atoms with Gasteiger partial charge in [-0.3, -0.25) is 0 Å². The van der Waals surface area contributed by atoms with Gasteiger partial charge in [-0.1, -0.05) is 23.7 Å². The summed E-state index contributed by atoms with van der Waals surface area (Å²) in [5.74, 6) is 2.06. The van der Waals surface area contributed by atoms with E-state index >= 15 is 0 Å². The lowest BCUT2D eigenvalue weighted by Crippen LogP contribution is -1.95. The lowest BCUT2D eigenvalue weighted by Gasteiger charge is -2.12. The van der Waals surface area contributed by atoms with Crippen LogP contribution in [-0.2, 0) is 0 Å². The minimum atomic E-state index is 0.329. The van der Waals surface area contributed by atoms with Gasteiger partial charge >= 0.3 is 0 Å². The first-order valence-corrected chi connectivity index (χ1v) is 7.94. The Morgan fingerprint density at radius 3 is 2.04 bits per heavy atom. The molecule has 0 saturated heterocycles. The van der Waals surface area contributed by atoms with E-state index in [1.54, 1.807) is 27.4 Å². The van der Waals surface area contributed by atoms with Gasteiger partial charge in [-0.05, 0) is 42.0 Å². The maximum Gasteiger partial charge on any atom is 0.161 e. The molecule has 0 atom stereocenters. The molecule has 0 aliphatic carbocycles. The number of hydrogen-bond donors (Lipinski definition) is 0. The summed E-state index contributed by atoms with van der Waals surface area (Å²) >= 11 is 6.08. The Labute approximate surface area is 151 Å². The predicted molar refractivity (Wildman–Crippen MR) is 97.6 cm³/mol. The summed E-state index contributed by atoms with van der Waals surface area (Å²) < 4.78 is 15.9. The van der Waals surface area contributed by atoms with Crippen molar-refractivity contribution in [3.63, 3.8) is 0 Å². The van der Waals surface area contributed by atoms with Crippen molar-refractivity contribution >= 4 is 11.6 Å². The molecule has 3 aromatic rings. The van der Waals surface area contributed by atoms with E-state index in [1.807, 2.05) is 42.5 Å². The smallest absolute Gasteiger partial charge is 0.161 e. The monoisotopic (exact) mass is 356 g/mol. The Hall–Kier alpha value is -2.79. The summed E-state index contributed by atoms with van der Waals surface area (Å²) in [5.41, 5.74) is 3.39. The van der Waals surface area contributed by atoms with Gasteiger partial charge in [0.1, 0.15) is 11.4 Å². The van der Waals surface area contributed by atoms with Gasteiger partial charge in [-0.25, -0.2) is 0 Å². The Balaban J connectivity index is 2.13. The number of hydrogen-bond acceptors (Lipinski definition) is 5. The molecule has 1 heterocycles. The van der Waals surface area contributed by atoms with Gasteiger partial charge in [0, 0.05) is 11.1 Å². The van der Waals surface area contributed by atoms with Crippen molar-refractivity contribution in [3.05, 3.63) is 53.7 Å². The molecule has 0 bridgehead atoms. The van der Waals surface area contributed by atoms with Crippen molar-refractivity contribution in [1.29, 1.82) is 0 Å². The zero-order valence-corrected chi connectivity index (χ0v) is 14.9. The van der Waals surface area contributed by atoms with Gasteiger partial charge in [-0.2, -0.15) is 0 Å². The molecule has 0 N–H and O–H groups in total. The highest BCUT2D eigenvalue weighted by molar-refractivity contribution is 6.29. The fourth-order valence-corrected chi connectivity index (χ4v) is 2.70. The van der Waals surface area contributed by atoms with Crippen molar-refractivity contribution < 1.29 is 14.2 Å². The highest BCUT2D eigenvalue weighted by Gasteiger charge is 2.14. The van der Waals surface area contributed by atoms with E-state index in [0.717, 1.165) is 22.4 Å². The van der Waals surface area contributed by atoms with E-state index < -0.39 is 0 Å². The summed E-state index contributed by atoms with van der Waals surface area (Å²) in [7, 11) is 4.83. The number of methoxy groups -OCH3 is 3.